The van der Waals surface area contributed by atoms with Crippen molar-refractivity contribution >= 4 is 28.5 Å². The molecular formula is C23H20N2O2S. The number of carbonyl (C=O) groups is 1. The van der Waals surface area contributed by atoms with Gasteiger partial charge < -0.3 is 5.11 Å². The zero-order valence-electron chi connectivity index (χ0n) is 15.6. The molecule has 1 saturated carbocycles. The highest BCUT2D eigenvalue weighted by molar-refractivity contribution is 7.99. The van der Waals surface area contributed by atoms with Gasteiger partial charge in [-0.15, -0.1) is 11.8 Å². The van der Waals surface area contributed by atoms with Gasteiger partial charge in [-0.3, -0.25) is 9.78 Å². The van der Waals surface area contributed by atoms with Crippen LogP contribution >= 0.6 is 11.8 Å². The molecule has 1 fully saturated rings. The number of hydrogen-bond donors (Lipinski definition) is 1. The van der Waals surface area contributed by atoms with Crippen molar-refractivity contribution in [3.05, 3.63) is 60.4 Å². The number of benzene rings is 2. The molecule has 1 atom stereocenters. The Morgan fingerprint density at radius 3 is 2.64 bits per heavy atom. The lowest BCUT2D eigenvalue weighted by Gasteiger charge is -2.20. The third-order valence-electron chi connectivity index (χ3n) is 5.81. The van der Waals surface area contributed by atoms with Gasteiger partial charge in [0, 0.05) is 34.0 Å². The maximum absolute atomic E-state index is 11.4. The molecule has 4 rings (SSSR count). The second-order valence-electron chi connectivity index (χ2n) is 7.40. The Morgan fingerprint density at radius 2 is 1.96 bits per heavy atom. The molecule has 4 nitrogen and oxygen atoms in total. The number of carboxylic acids is 1. The third kappa shape index (κ3) is 3.25. The summed E-state index contributed by atoms with van der Waals surface area (Å²) >= 11 is 1.71. The Balaban J connectivity index is 1.71. The summed E-state index contributed by atoms with van der Waals surface area (Å²) in [4.78, 5) is 16.9. The van der Waals surface area contributed by atoms with Crippen molar-refractivity contribution in [3.8, 4) is 17.2 Å². The summed E-state index contributed by atoms with van der Waals surface area (Å²) < 4.78 is 0. The van der Waals surface area contributed by atoms with Crippen molar-refractivity contribution in [3.63, 3.8) is 0 Å². The standard InChI is InChI=1S/C23H20N2O2S/c1-15(22(26)27)23(9-10-23)14-28-21-8-11-25-13-20(21)19-7-6-16(12-24)17-4-2-3-5-18(17)19/h2-8,11,13,15H,9-10,14H2,1H3,(H,26,27). The lowest BCUT2D eigenvalue weighted by molar-refractivity contribution is -0.143. The molecule has 140 valence electrons. The predicted octanol–water partition coefficient (Wildman–Crippen LogP) is 5.37. The predicted molar refractivity (Wildman–Crippen MR) is 111 cm³/mol. The van der Waals surface area contributed by atoms with E-state index in [0.29, 0.717) is 5.56 Å². The molecule has 1 aliphatic carbocycles. The van der Waals surface area contributed by atoms with E-state index in [1.54, 1.807) is 18.0 Å². The maximum Gasteiger partial charge on any atom is 0.306 e. The fraction of sp³-hybridized carbons (Fsp3) is 0.261. The van der Waals surface area contributed by atoms with Gasteiger partial charge >= 0.3 is 5.97 Å². The van der Waals surface area contributed by atoms with E-state index < -0.39 is 5.97 Å². The summed E-state index contributed by atoms with van der Waals surface area (Å²) in [5.41, 5.74) is 2.61. The van der Waals surface area contributed by atoms with E-state index >= 15 is 0 Å². The summed E-state index contributed by atoms with van der Waals surface area (Å²) in [6.07, 6.45) is 5.57. The number of aliphatic carboxylic acids is 1. The van der Waals surface area contributed by atoms with Gasteiger partial charge in [0.15, 0.2) is 0 Å². The number of rotatable bonds is 6. The van der Waals surface area contributed by atoms with Crippen molar-refractivity contribution in [2.45, 2.75) is 24.7 Å². The first kappa shape index (κ1) is 18.5. The van der Waals surface area contributed by atoms with Gasteiger partial charge in [0.25, 0.3) is 0 Å². The quantitative estimate of drug-likeness (QED) is 0.575. The van der Waals surface area contributed by atoms with E-state index in [2.05, 4.69) is 11.1 Å². The van der Waals surface area contributed by atoms with Gasteiger partial charge in [0.05, 0.1) is 17.6 Å². The fourth-order valence-electron chi connectivity index (χ4n) is 3.69. The third-order valence-corrected chi connectivity index (χ3v) is 7.20. The van der Waals surface area contributed by atoms with Gasteiger partial charge in [-0.05, 0) is 41.3 Å². The average molecular weight is 388 g/mol. The van der Waals surface area contributed by atoms with Crippen molar-refractivity contribution in [1.29, 1.82) is 5.26 Å². The lowest BCUT2D eigenvalue weighted by atomic mass is 9.93. The van der Waals surface area contributed by atoms with Gasteiger partial charge in [-0.1, -0.05) is 37.3 Å². The minimum absolute atomic E-state index is 0.107. The Morgan fingerprint density at radius 1 is 1.21 bits per heavy atom. The van der Waals surface area contributed by atoms with Crippen LogP contribution in [0.4, 0.5) is 0 Å². The largest absolute Gasteiger partial charge is 0.481 e. The van der Waals surface area contributed by atoms with Crippen LogP contribution in [0.1, 0.15) is 25.3 Å². The van der Waals surface area contributed by atoms with Crippen LogP contribution in [0.3, 0.4) is 0 Å². The van der Waals surface area contributed by atoms with Crippen LogP contribution in [-0.2, 0) is 4.79 Å². The van der Waals surface area contributed by atoms with E-state index in [1.807, 2.05) is 55.6 Å². The van der Waals surface area contributed by atoms with Gasteiger partial charge in [0.2, 0.25) is 0 Å². The molecule has 1 unspecified atom stereocenters. The molecule has 1 aliphatic rings. The summed E-state index contributed by atoms with van der Waals surface area (Å²) in [6.45, 7) is 1.82. The topological polar surface area (TPSA) is 74.0 Å². The Bertz CT molecular complexity index is 1100. The van der Waals surface area contributed by atoms with Crippen molar-refractivity contribution in [2.24, 2.45) is 11.3 Å². The highest BCUT2D eigenvalue weighted by Crippen LogP contribution is 2.55. The van der Waals surface area contributed by atoms with Crippen LogP contribution in [0.15, 0.2) is 59.8 Å². The number of fused-ring (bicyclic) bond motifs is 1. The smallest absolute Gasteiger partial charge is 0.306 e. The normalized spacial score (nSPS) is 15.7. The molecule has 28 heavy (non-hydrogen) atoms. The molecule has 0 radical (unpaired) electrons. The molecule has 0 aliphatic heterocycles. The molecule has 1 aromatic heterocycles. The highest BCUT2D eigenvalue weighted by Gasteiger charge is 2.50. The number of carboxylic acid groups (broad SMARTS) is 1. The second kappa shape index (κ2) is 7.29. The molecule has 1 N–H and O–H groups in total. The number of thioether (sulfide) groups is 1. The van der Waals surface area contributed by atoms with E-state index in [4.69, 9.17) is 0 Å². The molecule has 1 heterocycles. The van der Waals surface area contributed by atoms with Crippen LogP contribution in [-0.4, -0.2) is 21.8 Å². The second-order valence-corrected chi connectivity index (χ2v) is 8.42. The van der Waals surface area contributed by atoms with E-state index in [9.17, 15) is 15.2 Å². The Kier molecular flexibility index (Phi) is 4.82. The summed E-state index contributed by atoms with van der Waals surface area (Å²) in [5, 5.41) is 20.8. The van der Waals surface area contributed by atoms with Crippen molar-refractivity contribution < 1.29 is 9.90 Å². The monoisotopic (exact) mass is 388 g/mol. The molecule has 0 bridgehead atoms. The van der Waals surface area contributed by atoms with Crippen LogP contribution < -0.4 is 0 Å². The number of aromatic nitrogens is 1. The van der Waals surface area contributed by atoms with Gasteiger partial charge in [-0.2, -0.15) is 5.26 Å². The average Bonchev–Trinajstić information content (AvgIpc) is 3.52. The van der Waals surface area contributed by atoms with Crippen LogP contribution in [0, 0.1) is 22.7 Å². The summed E-state index contributed by atoms with van der Waals surface area (Å²) in [6, 6.07) is 16.0. The van der Waals surface area contributed by atoms with Crippen LogP contribution in [0.25, 0.3) is 21.9 Å². The summed E-state index contributed by atoms with van der Waals surface area (Å²) in [5.74, 6) is -0.265. The number of nitriles is 1. The number of nitrogens with zero attached hydrogens (tertiary/aromatic N) is 2. The van der Waals surface area contributed by atoms with Gasteiger partial charge in [-0.25, -0.2) is 0 Å². The van der Waals surface area contributed by atoms with Crippen LogP contribution in [0.5, 0.6) is 0 Å². The lowest BCUT2D eigenvalue weighted by Crippen LogP contribution is -2.23. The molecule has 0 spiro atoms. The molecule has 5 heteroatoms. The first-order valence-corrected chi connectivity index (χ1v) is 10.3. The maximum atomic E-state index is 11.4. The molecule has 0 amide bonds. The van der Waals surface area contributed by atoms with Crippen molar-refractivity contribution in [2.75, 3.05) is 5.75 Å². The number of pyridine rings is 1. The van der Waals surface area contributed by atoms with Gasteiger partial charge in [0.1, 0.15) is 0 Å². The van der Waals surface area contributed by atoms with Crippen LogP contribution in [0.2, 0.25) is 0 Å². The fourth-order valence-corrected chi connectivity index (χ4v) is 5.14. The van der Waals surface area contributed by atoms with Crippen molar-refractivity contribution in [1.82, 2.24) is 4.98 Å². The molecular weight excluding hydrogens is 368 g/mol. The van der Waals surface area contributed by atoms with E-state index in [-0.39, 0.29) is 11.3 Å². The van der Waals surface area contributed by atoms with E-state index in [1.165, 1.54) is 0 Å². The Labute approximate surface area is 168 Å². The Hall–Kier alpha value is -2.84. The summed E-state index contributed by atoms with van der Waals surface area (Å²) in [7, 11) is 0. The molecule has 2 aromatic carbocycles. The number of hydrogen-bond acceptors (Lipinski definition) is 4. The zero-order chi connectivity index (χ0) is 19.7. The first-order chi connectivity index (χ1) is 13.6. The highest BCUT2D eigenvalue weighted by atomic mass is 32.2. The minimum Gasteiger partial charge on any atom is -0.481 e. The first-order valence-electron chi connectivity index (χ1n) is 9.27. The SMILES string of the molecule is CC(C(=O)O)C1(CSc2ccncc2-c2ccc(C#N)c3ccccc23)CC1. The molecule has 0 saturated heterocycles. The zero-order valence-corrected chi connectivity index (χ0v) is 16.4. The minimum atomic E-state index is -0.717. The van der Waals surface area contributed by atoms with E-state index in [0.717, 1.165) is 45.4 Å². The molecule has 3 aromatic rings.